The minimum atomic E-state index is -0.486. The largest absolute Gasteiger partial charge is 0.366 e. The Bertz CT molecular complexity index is 941. The Hall–Kier alpha value is -3.46. The SMILES string of the molecule is C#CCCC1(CCC(=O)N(Cc2ccccc2)Cc2cccc(C(N)=O)c2)N=N1. The Morgan fingerprint density at radius 3 is 2.34 bits per heavy atom. The van der Waals surface area contributed by atoms with Crippen LogP contribution in [0.3, 0.4) is 0 Å². The molecule has 3 rings (SSSR count). The van der Waals surface area contributed by atoms with Gasteiger partial charge in [-0.05, 0) is 23.3 Å². The van der Waals surface area contributed by atoms with Gasteiger partial charge in [-0.25, -0.2) is 0 Å². The highest BCUT2D eigenvalue weighted by molar-refractivity contribution is 5.92. The van der Waals surface area contributed by atoms with Crippen molar-refractivity contribution in [3.8, 4) is 12.3 Å². The maximum atomic E-state index is 13.0. The predicted octanol–water partition coefficient (Wildman–Crippen LogP) is 3.67. The average Bonchev–Trinajstić information content (AvgIpc) is 3.51. The summed E-state index contributed by atoms with van der Waals surface area (Å²) in [6.45, 7) is 0.868. The number of terminal acetylenes is 1. The van der Waals surface area contributed by atoms with E-state index in [1.165, 1.54) is 0 Å². The highest BCUT2D eigenvalue weighted by Gasteiger charge is 2.39. The Labute approximate surface area is 170 Å². The summed E-state index contributed by atoms with van der Waals surface area (Å²) in [5, 5.41) is 8.22. The summed E-state index contributed by atoms with van der Waals surface area (Å²) in [4.78, 5) is 26.3. The molecule has 6 heteroatoms. The molecule has 1 aliphatic heterocycles. The summed E-state index contributed by atoms with van der Waals surface area (Å²) in [5.74, 6) is 2.12. The Kier molecular flexibility index (Phi) is 6.40. The molecule has 0 bridgehead atoms. The number of nitrogens with two attached hydrogens (primary N) is 1. The topological polar surface area (TPSA) is 88.1 Å². The van der Waals surface area contributed by atoms with Crippen molar-refractivity contribution in [2.75, 3.05) is 0 Å². The van der Waals surface area contributed by atoms with Crippen LogP contribution in [0.15, 0.2) is 64.8 Å². The summed E-state index contributed by atoms with van der Waals surface area (Å²) in [5.41, 5.74) is 7.23. The van der Waals surface area contributed by atoms with Gasteiger partial charge >= 0.3 is 0 Å². The second-order valence-corrected chi connectivity index (χ2v) is 7.19. The lowest BCUT2D eigenvalue weighted by molar-refractivity contribution is -0.132. The predicted molar refractivity (Wildman–Crippen MR) is 111 cm³/mol. The minimum absolute atomic E-state index is 0.00992. The van der Waals surface area contributed by atoms with Crippen LogP contribution in [-0.2, 0) is 17.9 Å². The standard InChI is InChI=1S/C23H24N4O2/c1-2-3-13-23(25-26-23)14-12-21(28)27(16-18-8-5-4-6-9-18)17-19-10-7-11-20(15-19)22(24)29/h1,4-11,15H,3,12-14,16-17H2,(H2,24,29). The van der Waals surface area contributed by atoms with E-state index in [-0.39, 0.29) is 5.91 Å². The van der Waals surface area contributed by atoms with E-state index in [2.05, 4.69) is 16.1 Å². The fourth-order valence-corrected chi connectivity index (χ4v) is 3.21. The maximum Gasteiger partial charge on any atom is 0.248 e. The van der Waals surface area contributed by atoms with E-state index in [0.717, 1.165) is 11.1 Å². The molecule has 2 aromatic carbocycles. The smallest absolute Gasteiger partial charge is 0.248 e. The van der Waals surface area contributed by atoms with Gasteiger partial charge in [-0.3, -0.25) is 9.59 Å². The zero-order chi connectivity index (χ0) is 20.7. The molecule has 148 valence electrons. The molecule has 2 amide bonds. The monoisotopic (exact) mass is 388 g/mol. The quantitative estimate of drug-likeness (QED) is 0.630. The van der Waals surface area contributed by atoms with E-state index in [1.807, 2.05) is 36.4 Å². The Morgan fingerprint density at radius 1 is 1.00 bits per heavy atom. The number of rotatable bonds is 10. The minimum Gasteiger partial charge on any atom is -0.366 e. The van der Waals surface area contributed by atoms with Crippen LogP contribution in [0.1, 0.15) is 47.2 Å². The normalized spacial score (nSPS) is 13.5. The van der Waals surface area contributed by atoms with Crippen molar-refractivity contribution in [2.45, 2.75) is 44.4 Å². The van der Waals surface area contributed by atoms with E-state index < -0.39 is 11.6 Å². The third kappa shape index (κ3) is 5.76. The fourth-order valence-electron chi connectivity index (χ4n) is 3.21. The van der Waals surface area contributed by atoms with Crippen LogP contribution in [0.5, 0.6) is 0 Å². The molecular formula is C23H24N4O2. The third-order valence-corrected chi connectivity index (χ3v) is 4.95. The molecule has 0 aromatic heterocycles. The van der Waals surface area contributed by atoms with Gasteiger partial charge in [0.15, 0.2) is 5.66 Å². The number of benzene rings is 2. The molecule has 1 heterocycles. The van der Waals surface area contributed by atoms with Crippen molar-refractivity contribution in [1.29, 1.82) is 0 Å². The Morgan fingerprint density at radius 2 is 1.69 bits per heavy atom. The van der Waals surface area contributed by atoms with Gasteiger partial charge in [0.1, 0.15) is 0 Å². The van der Waals surface area contributed by atoms with Crippen molar-refractivity contribution in [3.63, 3.8) is 0 Å². The first kappa shape index (κ1) is 20.3. The van der Waals surface area contributed by atoms with Gasteiger partial charge < -0.3 is 10.6 Å². The summed E-state index contributed by atoms with van der Waals surface area (Å²) in [6.07, 6.45) is 7.49. The fraction of sp³-hybridized carbons (Fsp3) is 0.304. The van der Waals surface area contributed by atoms with Gasteiger partial charge in [-0.15, -0.1) is 12.3 Å². The second-order valence-electron chi connectivity index (χ2n) is 7.19. The van der Waals surface area contributed by atoms with E-state index >= 15 is 0 Å². The molecule has 6 nitrogen and oxygen atoms in total. The van der Waals surface area contributed by atoms with Gasteiger partial charge in [0.25, 0.3) is 0 Å². The van der Waals surface area contributed by atoms with Gasteiger partial charge in [-0.2, -0.15) is 10.2 Å². The molecule has 0 saturated heterocycles. The lowest BCUT2D eigenvalue weighted by Gasteiger charge is -2.24. The molecule has 2 aromatic rings. The number of hydrogen-bond acceptors (Lipinski definition) is 4. The second kappa shape index (κ2) is 9.16. The highest BCUT2D eigenvalue weighted by atomic mass is 16.2. The highest BCUT2D eigenvalue weighted by Crippen LogP contribution is 2.37. The van der Waals surface area contributed by atoms with Crippen LogP contribution in [-0.4, -0.2) is 22.4 Å². The van der Waals surface area contributed by atoms with Crippen LogP contribution in [0.2, 0.25) is 0 Å². The molecule has 29 heavy (non-hydrogen) atoms. The molecule has 0 aliphatic carbocycles. The molecule has 0 atom stereocenters. The van der Waals surface area contributed by atoms with Crippen molar-refractivity contribution in [3.05, 3.63) is 71.3 Å². The average molecular weight is 388 g/mol. The van der Waals surface area contributed by atoms with Crippen LogP contribution in [0.25, 0.3) is 0 Å². The van der Waals surface area contributed by atoms with Crippen LogP contribution in [0.4, 0.5) is 0 Å². The number of amides is 2. The first-order valence-electron chi connectivity index (χ1n) is 9.59. The van der Waals surface area contributed by atoms with E-state index in [4.69, 9.17) is 12.2 Å². The molecule has 0 unspecified atom stereocenters. The molecule has 1 aliphatic rings. The lowest BCUT2D eigenvalue weighted by atomic mass is 10.0. The molecule has 0 saturated carbocycles. The number of carbonyl (C=O) groups is 2. The lowest BCUT2D eigenvalue weighted by Crippen LogP contribution is -2.31. The zero-order valence-corrected chi connectivity index (χ0v) is 16.3. The van der Waals surface area contributed by atoms with Crippen molar-refractivity contribution >= 4 is 11.8 Å². The summed E-state index contributed by atoms with van der Waals surface area (Å²) >= 11 is 0. The third-order valence-electron chi connectivity index (χ3n) is 4.95. The molecule has 0 radical (unpaired) electrons. The summed E-state index contributed by atoms with van der Waals surface area (Å²) in [6, 6.07) is 16.9. The van der Waals surface area contributed by atoms with E-state index in [9.17, 15) is 9.59 Å². The van der Waals surface area contributed by atoms with Crippen molar-refractivity contribution < 1.29 is 9.59 Å². The molecule has 2 N–H and O–H groups in total. The molecule has 0 fully saturated rings. The van der Waals surface area contributed by atoms with Crippen LogP contribution in [0, 0.1) is 12.3 Å². The van der Waals surface area contributed by atoms with Crippen molar-refractivity contribution in [2.24, 2.45) is 16.0 Å². The summed E-state index contributed by atoms with van der Waals surface area (Å²) in [7, 11) is 0. The Balaban J connectivity index is 1.70. The first-order valence-corrected chi connectivity index (χ1v) is 9.59. The van der Waals surface area contributed by atoms with Gasteiger partial charge in [0.05, 0.1) is 0 Å². The maximum absolute atomic E-state index is 13.0. The van der Waals surface area contributed by atoms with Crippen LogP contribution < -0.4 is 5.73 Å². The number of primary amides is 1. The van der Waals surface area contributed by atoms with E-state index in [1.54, 1.807) is 23.1 Å². The molecule has 0 spiro atoms. The zero-order valence-electron chi connectivity index (χ0n) is 16.3. The van der Waals surface area contributed by atoms with Gasteiger partial charge in [0.2, 0.25) is 11.8 Å². The number of nitrogens with zero attached hydrogens (tertiary/aromatic N) is 3. The molecular weight excluding hydrogens is 364 g/mol. The number of hydrogen-bond donors (Lipinski definition) is 1. The van der Waals surface area contributed by atoms with Crippen LogP contribution >= 0.6 is 0 Å². The van der Waals surface area contributed by atoms with Crippen molar-refractivity contribution in [1.82, 2.24) is 4.90 Å². The van der Waals surface area contributed by atoms with Gasteiger partial charge in [0, 0.05) is 44.3 Å². The van der Waals surface area contributed by atoms with E-state index in [0.29, 0.717) is 44.3 Å². The first-order chi connectivity index (χ1) is 14.0. The van der Waals surface area contributed by atoms with Gasteiger partial charge in [-0.1, -0.05) is 42.5 Å². The number of carbonyl (C=O) groups excluding carboxylic acids is 2. The summed E-state index contributed by atoms with van der Waals surface area (Å²) < 4.78 is 0.